The summed E-state index contributed by atoms with van der Waals surface area (Å²) in [6, 6.07) is 7.36. The summed E-state index contributed by atoms with van der Waals surface area (Å²) in [6.45, 7) is 0. The summed E-state index contributed by atoms with van der Waals surface area (Å²) in [7, 11) is -4.51. The number of hydrogen-bond donors (Lipinski definition) is 1. The van der Waals surface area contributed by atoms with E-state index in [9.17, 15) is 21.6 Å². The fourth-order valence-electron chi connectivity index (χ4n) is 2.52. The molecule has 1 aromatic heterocycles. The molecule has 0 saturated carbocycles. The number of benzene rings is 2. The number of primary sulfonamides is 1. The second-order valence-electron chi connectivity index (χ2n) is 5.49. The average Bonchev–Trinajstić information content (AvgIpc) is 3.09. The predicted octanol–water partition coefficient (Wildman–Crippen LogP) is 4.51. The van der Waals surface area contributed by atoms with Gasteiger partial charge in [0.1, 0.15) is 4.90 Å². The van der Waals surface area contributed by atoms with Crippen molar-refractivity contribution < 1.29 is 21.6 Å². The molecule has 2 N–H and O–H groups in total. The highest BCUT2D eigenvalue weighted by molar-refractivity contribution is 7.89. The van der Waals surface area contributed by atoms with Crippen molar-refractivity contribution in [1.29, 1.82) is 0 Å². The van der Waals surface area contributed by atoms with Crippen LogP contribution in [-0.4, -0.2) is 18.2 Å². The topological polar surface area (TPSA) is 78.0 Å². The van der Waals surface area contributed by atoms with E-state index in [0.717, 1.165) is 16.8 Å². The lowest BCUT2D eigenvalue weighted by Gasteiger charge is -2.18. The Morgan fingerprint density at radius 3 is 2.26 bits per heavy atom. The number of sulfonamides is 1. The van der Waals surface area contributed by atoms with Crippen LogP contribution in [0.5, 0.6) is 0 Å². The molecule has 0 saturated heterocycles. The minimum absolute atomic E-state index is 0.0409. The van der Waals surface area contributed by atoms with Gasteiger partial charge in [0.25, 0.3) is 0 Å². The van der Waals surface area contributed by atoms with Gasteiger partial charge in [-0.2, -0.15) is 18.3 Å². The SMILES string of the molecule is NS(=O)(=O)c1cc(-c2ccc(Cl)c(Cl)c2)cc(C(F)(F)F)c1-n1cccn1. The van der Waals surface area contributed by atoms with Gasteiger partial charge in [-0.05, 0) is 41.5 Å². The largest absolute Gasteiger partial charge is 0.418 e. The summed E-state index contributed by atoms with van der Waals surface area (Å²) in [5.41, 5.74) is -1.69. The van der Waals surface area contributed by atoms with Crippen LogP contribution in [-0.2, 0) is 16.2 Å². The molecule has 3 rings (SSSR count). The minimum atomic E-state index is -4.87. The van der Waals surface area contributed by atoms with Crippen LogP contribution in [0, 0.1) is 0 Å². The third-order valence-electron chi connectivity index (χ3n) is 3.67. The molecule has 0 radical (unpaired) electrons. The Bertz CT molecular complexity index is 1110. The molecule has 0 bridgehead atoms. The van der Waals surface area contributed by atoms with E-state index in [1.807, 2.05) is 0 Å². The lowest BCUT2D eigenvalue weighted by Crippen LogP contribution is -2.20. The molecule has 0 spiro atoms. The van der Waals surface area contributed by atoms with Crippen molar-refractivity contribution in [2.75, 3.05) is 0 Å². The van der Waals surface area contributed by atoms with Gasteiger partial charge >= 0.3 is 6.18 Å². The Hall–Kier alpha value is -2.07. The van der Waals surface area contributed by atoms with Gasteiger partial charge in [0.15, 0.2) is 0 Å². The average molecular weight is 436 g/mol. The zero-order valence-corrected chi connectivity index (χ0v) is 15.5. The van der Waals surface area contributed by atoms with E-state index in [-0.39, 0.29) is 21.2 Å². The molecule has 0 aliphatic heterocycles. The van der Waals surface area contributed by atoms with E-state index in [0.29, 0.717) is 0 Å². The van der Waals surface area contributed by atoms with E-state index in [2.05, 4.69) is 5.10 Å². The first kappa shape index (κ1) is 19.7. The van der Waals surface area contributed by atoms with Crippen molar-refractivity contribution in [1.82, 2.24) is 9.78 Å². The number of rotatable bonds is 3. The normalized spacial score (nSPS) is 12.4. The summed E-state index contributed by atoms with van der Waals surface area (Å²) in [5, 5.41) is 9.23. The summed E-state index contributed by atoms with van der Waals surface area (Å²) in [4.78, 5) is -0.720. The zero-order valence-electron chi connectivity index (χ0n) is 13.2. The molecule has 3 aromatic rings. The second-order valence-corrected chi connectivity index (χ2v) is 7.84. The Morgan fingerprint density at radius 1 is 1.04 bits per heavy atom. The maximum absolute atomic E-state index is 13.7. The van der Waals surface area contributed by atoms with Crippen molar-refractivity contribution in [2.24, 2.45) is 5.14 Å². The third kappa shape index (κ3) is 3.96. The van der Waals surface area contributed by atoms with Gasteiger partial charge in [0, 0.05) is 12.4 Å². The quantitative estimate of drug-likeness (QED) is 0.656. The molecule has 0 aliphatic carbocycles. The Balaban J connectivity index is 2.41. The number of alkyl halides is 3. The van der Waals surface area contributed by atoms with E-state index < -0.39 is 32.3 Å². The fourth-order valence-corrected chi connectivity index (χ4v) is 3.58. The van der Waals surface area contributed by atoms with Gasteiger partial charge < -0.3 is 0 Å². The first-order valence-corrected chi connectivity index (χ1v) is 9.52. The number of hydrogen-bond acceptors (Lipinski definition) is 3. The minimum Gasteiger partial charge on any atom is -0.239 e. The summed E-state index contributed by atoms with van der Waals surface area (Å²) in [6.07, 6.45) is -2.45. The summed E-state index contributed by atoms with van der Waals surface area (Å²) < 4.78 is 66.1. The van der Waals surface area contributed by atoms with Gasteiger partial charge in [-0.3, -0.25) is 0 Å². The summed E-state index contributed by atoms with van der Waals surface area (Å²) >= 11 is 11.8. The molecule has 2 aromatic carbocycles. The van der Waals surface area contributed by atoms with Crippen LogP contribution in [0.4, 0.5) is 13.2 Å². The number of halogens is 5. The molecular formula is C16H10Cl2F3N3O2S. The van der Waals surface area contributed by atoms with E-state index >= 15 is 0 Å². The smallest absolute Gasteiger partial charge is 0.239 e. The number of aromatic nitrogens is 2. The van der Waals surface area contributed by atoms with Crippen molar-refractivity contribution in [2.45, 2.75) is 11.1 Å². The van der Waals surface area contributed by atoms with Crippen LogP contribution < -0.4 is 5.14 Å². The predicted molar refractivity (Wildman–Crippen MR) is 95.4 cm³/mol. The fraction of sp³-hybridized carbons (Fsp3) is 0.0625. The van der Waals surface area contributed by atoms with Gasteiger partial charge in [0.05, 0.1) is 21.3 Å². The maximum Gasteiger partial charge on any atom is 0.418 e. The van der Waals surface area contributed by atoms with Crippen molar-refractivity contribution in [3.63, 3.8) is 0 Å². The molecule has 5 nitrogen and oxygen atoms in total. The molecule has 0 unspecified atom stereocenters. The standard InChI is InChI=1S/C16H10Cl2F3N3O2S/c17-12-3-2-9(7-13(12)18)10-6-11(16(19,20)21)15(24-5-1-4-23-24)14(8-10)27(22,25)26/h1-8H,(H2,22,25,26). The van der Waals surface area contributed by atoms with Gasteiger partial charge in [-0.1, -0.05) is 29.3 Å². The van der Waals surface area contributed by atoms with E-state index in [4.69, 9.17) is 28.3 Å². The Kier molecular flexibility index (Phi) is 4.98. The summed E-state index contributed by atoms with van der Waals surface area (Å²) in [5.74, 6) is 0. The zero-order chi connectivity index (χ0) is 20.0. The van der Waals surface area contributed by atoms with E-state index in [1.54, 1.807) is 0 Å². The molecule has 11 heteroatoms. The maximum atomic E-state index is 13.7. The molecule has 27 heavy (non-hydrogen) atoms. The molecule has 0 aliphatic rings. The Labute approximate surface area is 162 Å². The molecule has 0 fully saturated rings. The highest BCUT2D eigenvalue weighted by Gasteiger charge is 2.38. The molecule has 0 amide bonds. The number of nitrogens with two attached hydrogens (primary N) is 1. The Morgan fingerprint density at radius 2 is 1.74 bits per heavy atom. The molecule has 142 valence electrons. The highest BCUT2D eigenvalue weighted by atomic mass is 35.5. The van der Waals surface area contributed by atoms with Crippen molar-refractivity contribution >= 4 is 33.2 Å². The monoisotopic (exact) mass is 435 g/mol. The highest BCUT2D eigenvalue weighted by Crippen LogP contribution is 2.40. The van der Waals surface area contributed by atoms with Crippen molar-refractivity contribution in [3.05, 3.63) is 64.4 Å². The van der Waals surface area contributed by atoms with Crippen LogP contribution in [0.1, 0.15) is 5.56 Å². The number of nitrogens with zero attached hydrogens (tertiary/aromatic N) is 2. The lowest BCUT2D eigenvalue weighted by molar-refractivity contribution is -0.137. The van der Waals surface area contributed by atoms with E-state index in [1.165, 1.54) is 36.7 Å². The molecule has 1 heterocycles. The van der Waals surface area contributed by atoms with Crippen LogP contribution in [0.3, 0.4) is 0 Å². The lowest BCUT2D eigenvalue weighted by atomic mass is 10.0. The second kappa shape index (κ2) is 6.83. The third-order valence-corrected chi connectivity index (χ3v) is 5.34. The van der Waals surface area contributed by atoms with Crippen LogP contribution in [0.25, 0.3) is 16.8 Å². The van der Waals surface area contributed by atoms with Crippen LogP contribution >= 0.6 is 23.2 Å². The first-order valence-electron chi connectivity index (χ1n) is 7.22. The molecule has 0 atom stereocenters. The van der Waals surface area contributed by atoms with Gasteiger partial charge in [0.2, 0.25) is 10.0 Å². The molecular weight excluding hydrogens is 426 g/mol. The first-order chi connectivity index (χ1) is 12.5. The van der Waals surface area contributed by atoms with Crippen molar-refractivity contribution in [3.8, 4) is 16.8 Å². The van der Waals surface area contributed by atoms with Crippen LogP contribution in [0.15, 0.2) is 53.7 Å². The van der Waals surface area contributed by atoms with Crippen LogP contribution in [0.2, 0.25) is 10.0 Å². The van der Waals surface area contributed by atoms with Gasteiger partial charge in [-0.25, -0.2) is 18.2 Å². The van der Waals surface area contributed by atoms with Gasteiger partial charge in [-0.15, -0.1) is 0 Å².